The number of aryl methyl sites for hydroxylation is 1. The van der Waals surface area contributed by atoms with Gasteiger partial charge in [-0.1, -0.05) is 32.0 Å². The molecule has 1 fully saturated rings. The van der Waals surface area contributed by atoms with Crippen molar-refractivity contribution in [1.82, 2.24) is 20.0 Å². The highest BCUT2D eigenvalue weighted by atomic mass is 16.2. The molecule has 0 unspecified atom stereocenters. The van der Waals surface area contributed by atoms with Crippen LogP contribution in [0.2, 0.25) is 0 Å². The Balaban J connectivity index is 1.55. The van der Waals surface area contributed by atoms with E-state index in [-0.39, 0.29) is 23.8 Å². The standard InChI is InChI=1S/C20H26N4O2/c1-14(2)17-13-18(23(3)22-17)19(25)21-16-9-11-24(12-10-16)20(26)15-7-5-4-6-8-15/h4-8,13-14,16H,9-12H2,1-3H3,(H,21,25). The van der Waals surface area contributed by atoms with Crippen molar-refractivity contribution in [3.05, 3.63) is 53.3 Å². The Morgan fingerprint density at radius 2 is 1.81 bits per heavy atom. The molecule has 2 amide bonds. The first-order valence-corrected chi connectivity index (χ1v) is 9.15. The van der Waals surface area contributed by atoms with E-state index in [1.165, 1.54) is 0 Å². The fourth-order valence-corrected chi connectivity index (χ4v) is 3.23. The van der Waals surface area contributed by atoms with Gasteiger partial charge in [-0.25, -0.2) is 0 Å². The summed E-state index contributed by atoms with van der Waals surface area (Å²) in [5.74, 6) is 0.248. The van der Waals surface area contributed by atoms with Crippen molar-refractivity contribution in [3.8, 4) is 0 Å². The molecule has 1 aliphatic heterocycles. The van der Waals surface area contributed by atoms with Crippen molar-refractivity contribution in [2.24, 2.45) is 7.05 Å². The number of nitrogens with one attached hydrogen (secondary N) is 1. The van der Waals surface area contributed by atoms with Crippen LogP contribution in [0.4, 0.5) is 0 Å². The fourth-order valence-electron chi connectivity index (χ4n) is 3.23. The number of likely N-dealkylation sites (tertiary alicyclic amines) is 1. The number of nitrogens with zero attached hydrogens (tertiary/aromatic N) is 3. The number of carbonyl (C=O) groups excluding carboxylic acids is 2. The molecular formula is C20H26N4O2. The number of hydrogen-bond acceptors (Lipinski definition) is 3. The van der Waals surface area contributed by atoms with E-state index >= 15 is 0 Å². The van der Waals surface area contributed by atoms with E-state index in [4.69, 9.17) is 0 Å². The van der Waals surface area contributed by atoms with Gasteiger partial charge >= 0.3 is 0 Å². The number of hydrogen-bond donors (Lipinski definition) is 1. The fraction of sp³-hybridized carbons (Fsp3) is 0.450. The van der Waals surface area contributed by atoms with Crippen LogP contribution in [0.5, 0.6) is 0 Å². The van der Waals surface area contributed by atoms with E-state index in [9.17, 15) is 9.59 Å². The monoisotopic (exact) mass is 354 g/mol. The summed E-state index contributed by atoms with van der Waals surface area (Å²) in [5, 5.41) is 7.49. The maximum atomic E-state index is 12.6. The Labute approximate surface area is 154 Å². The summed E-state index contributed by atoms with van der Waals surface area (Å²) in [5.41, 5.74) is 2.21. The summed E-state index contributed by atoms with van der Waals surface area (Å²) in [4.78, 5) is 26.9. The summed E-state index contributed by atoms with van der Waals surface area (Å²) in [7, 11) is 1.79. The Hall–Kier alpha value is -2.63. The van der Waals surface area contributed by atoms with E-state index in [2.05, 4.69) is 24.3 Å². The van der Waals surface area contributed by atoms with Gasteiger partial charge in [-0.15, -0.1) is 0 Å². The zero-order valence-electron chi connectivity index (χ0n) is 15.6. The number of carbonyl (C=O) groups is 2. The van der Waals surface area contributed by atoms with Crippen LogP contribution in [0.15, 0.2) is 36.4 Å². The Morgan fingerprint density at radius 3 is 2.38 bits per heavy atom. The lowest BCUT2D eigenvalue weighted by Crippen LogP contribution is -2.46. The Morgan fingerprint density at radius 1 is 1.15 bits per heavy atom. The van der Waals surface area contributed by atoms with Crippen molar-refractivity contribution in [1.29, 1.82) is 0 Å². The van der Waals surface area contributed by atoms with E-state index < -0.39 is 0 Å². The molecule has 0 aliphatic carbocycles. The van der Waals surface area contributed by atoms with Crippen molar-refractivity contribution >= 4 is 11.8 Å². The normalized spacial score (nSPS) is 15.3. The van der Waals surface area contributed by atoms with Crippen molar-refractivity contribution < 1.29 is 9.59 Å². The van der Waals surface area contributed by atoms with Gasteiger partial charge in [-0.2, -0.15) is 5.10 Å². The van der Waals surface area contributed by atoms with Gasteiger partial charge in [0, 0.05) is 31.7 Å². The molecule has 6 nitrogen and oxygen atoms in total. The zero-order valence-corrected chi connectivity index (χ0v) is 15.6. The average Bonchev–Trinajstić information content (AvgIpc) is 3.05. The lowest BCUT2D eigenvalue weighted by atomic mass is 10.0. The van der Waals surface area contributed by atoms with Crippen LogP contribution in [0.3, 0.4) is 0 Å². The second-order valence-corrected chi connectivity index (χ2v) is 7.14. The lowest BCUT2D eigenvalue weighted by Gasteiger charge is -2.32. The minimum absolute atomic E-state index is 0.0589. The van der Waals surface area contributed by atoms with Gasteiger partial charge in [0.15, 0.2) is 0 Å². The third-order valence-electron chi connectivity index (χ3n) is 4.86. The zero-order chi connectivity index (χ0) is 18.7. The summed E-state index contributed by atoms with van der Waals surface area (Å²) >= 11 is 0. The first-order valence-electron chi connectivity index (χ1n) is 9.15. The van der Waals surface area contributed by atoms with Crippen LogP contribution in [0.1, 0.15) is 59.1 Å². The number of piperidine rings is 1. The molecule has 6 heteroatoms. The first kappa shape index (κ1) is 18.2. The molecule has 2 aromatic rings. The molecule has 0 spiro atoms. The highest BCUT2D eigenvalue weighted by molar-refractivity contribution is 5.94. The average molecular weight is 354 g/mol. The quantitative estimate of drug-likeness (QED) is 0.918. The molecule has 0 atom stereocenters. The molecule has 1 aromatic heterocycles. The van der Waals surface area contributed by atoms with E-state index in [0.29, 0.717) is 24.3 Å². The third-order valence-corrected chi connectivity index (χ3v) is 4.86. The molecule has 1 N–H and O–H groups in total. The number of rotatable bonds is 4. The maximum absolute atomic E-state index is 12.6. The van der Waals surface area contributed by atoms with Gasteiger partial charge in [0.25, 0.3) is 11.8 Å². The van der Waals surface area contributed by atoms with Crippen LogP contribution in [-0.4, -0.2) is 45.6 Å². The highest BCUT2D eigenvalue weighted by Gasteiger charge is 2.25. The largest absolute Gasteiger partial charge is 0.348 e. The number of benzene rings is 1. The molecular weight excluding hydrogens is 328 g/mol. The molecule has 138 valence electrons. The van der Waals surface area contributed by atoms with E-state index in [0.717, 1.165) is 18.5 Å². The summed E-state index contributed by atoms with van der Waals surface area (Å²) in [6.45, 7) is 5.43. The van der Waals surface area contributed by atoms with Gasteiger partial charge in [0.1, 0.15) is 5.69 Å². The van der Waals surface area contributed by atoms with Gasteiger partial charge in [-0.05, 0) is 37.0 Å². The summed E-state index contributed by atoms with van der Waals surface area (Å²) in [6, 6.07) is 11.3. The van der Waals surface area contributed by atoms with Crippen molar-refractivity contribution in [2.75, 3.05) is 13.1 Å². The van der Waals surface area contributed by atoms with Crippen LogP contribution in [0.25, 0.3) is 0 Å². The second-order valence-electron chi connectivity index (χ2n) is 7.14. The Bertz CT molecular complexity index is 774. The van der Waals surface area contributed by atoms with Crippen LogP contribution in [0, 0.1) is 0 Å². The van der Waals surface area contributed by atoms with Crippen LogP contribution < -0.4 is 5.32 Å². The third kappa shape index (κ3) is 3.95. The van der Waals surface area contributed by atoms with Gasteiger partial charge < -0.3 is 10.2 Å². The topological polar surface area (TPSA) is 67.2 Å². The van der Waals surface area contributed by atoms with E-state index in [1.54, 1.807) is 11.7 Å². The smallest absolute Gasteiger partial charge is 0.269 e. The van der Waals surface area contributed by atoms with Gasteiger partial charge in [0.05, 0.1) is 5.69 Å². The molecule has 26 heavy (non-hydrogen) atoms. The number of aromatic nitrogens is 2. The van der Waals surface area contributed by atoms with Gasteiger partial charge in [0.2, 0.25) is 0 Å². The van der Waals surface area contributed by atoms with Crippen LogP contribution >= 0.6 is 0 Å². The van der Waals surface area contributed by atoms with Crippen molar-refractivity contribution in [3.63, 3.8) is 0 Å². The first-order chi connectivity index (χ1) is 12.5. The molecule has 1 aromatic carbocycles. The summed E-state index contributed by atoms with van der Waals surface area (Å²) in [6.07, 6.45) is 1.53. The minimum Gasteiger partial charge on any atom is -0.348 e. The molecule has 0 saturated carbocycles. The van der Waals surface area contributed by atoms with Crippen LogP contribution in [-0.2, 0) is 7.05 Å². The lowest BCUT2D eigenvalue weighted by molar-refractivity contribution is 0.0697. The molecule has 0 radical (unpaired) electrons. The molecule has 3 rings (SSSR count). The van der Waals surface area contributed by atoms with E-state index in [1.807, 2.05) is 41.3 Å². The maximum Gasteiger partial charge on any atom is 0.269 e. The molecule has 2 heterocycles. The number of amides is 2. The summed E-state index contributed by atoms with van der Waals surface area (Å²) < 4.78 is 1.64. The molecule has 1 aliphatic rings. The predicted molar refractivity (Wildman–Crippen MR) is 100 cm³/mol. The molecule has 0 bridgehead atoms. The Kier molecular flexibility index (Phi) is 5.40. The SMILES string of the molecule is CC(C)c1cc(C(=O)NC2CCN(C(=O)c3ccccc3)CC2)n(C)n1. The van der Waals surface area contributed by atoms with Gasteiger partial charge in [-0.3, -0.25) is 14.3 Å². The van der Waals surface area contributed by atoms with Crippen molar-refractivity contribution in [2.45, 2.75) is 38.6 Å². The predicted octanol–water partition coefficient (Wildman–Crippen LogP) is 2.58. The highest BCUT2D eigenvalue weighted by Crippen LogP contribution is 2.16. The molecule has 1 saturated heterocycles. The minimum atomic E-state index is -0.0975. The second kappa shape index (κ2) is 7.72.